The van der Waals surface area contributed by atoms with E-state index >= 15 is 0 Å². The second-order valence-corrected chi connectivity index (χ2v) is 6.92. The minimum Gasteiger partial charge on any atom is -0.351 e. The van der Waals surface area contributed by atoms with E-state index in [4.69, 9.17) is 11.6 Å². The van der Waals surface area contributed by atoms with E-state index in [0.29, 0.717) is 35.1 Å². The highest BCUT2D eigenvalue weighted by Gasteiger charge is 2.27. The van der Waals surface area contributed by atoms with E-state index in [9.17, 15) is 4.79 Å². The number of nitrogens with zero attached hydrogens (tertiary/aromatic N) is 3. The van der Waals surface area contributed by atoms with E-state index in [2.05, 4.69) is 20.6 Å². The molecule has 1 aromatic carbocycles. The standard InChI is InChI=1S/C18H20ClN5O/c19-14-8-4-5-9-15(14)24-11-12-10-20-17(22-16(12)23-18(24)25)21-13-6-2-1-3-7-13/h4-5,8-10,13H,1-3,6-7,11H2,(H2,20,21,22,23,25). The van der Waals surface area contributed by atoms with Crippen molar-refractivity contribution in [1.82, 2.24) is 9.97 Å². The molecule has 2 aliphatic rings. The summed E-state index contributed by atoms with van der Waals surface area (Å²) in [6.45, 7) is 0.397. The third-order valence-electron chi connectivity index (χ3n) is 4.75. The molecule has 6 nitrogen and oxygen atoms in total. The molecule has 2 heterocycles. The number of carbonyl (C=O) groups excluding carboxylic acids is 1. The van der Waals surface area contributed by atoms with E-state index in [-0.39, 0.29) is 6.03 Å². The minimum absolute atomic E-state index is 0.233. The summed E-state index contributed by atoms with van der Waals surface area (Å²) in [6, 6.07) is 7.49. The molecule has 1 fully saturated rings. The first-order valence-corrected chi connectivity index (χ1v) is 9.04. The van der Waals surface area contributed by atoms with Crippen LogP contribution >= 0.6 is 11.6 Å². The first kappa shape index (κ1) is 16.1. The number of benzene rings is 1. The van der Waals surface area contributed by atoms with Crippen LogP contribution in [0.25, 0.3) is 0 Å². The molecule has 2 amide bonds. The van der Waals surface area contributed by atoms with E-state index < -0.39 is 0 Å². The van der Waals surface area contributed by atoms with Crippen molar-refractivity contribution in [2.45, 2.75) is 44.7 Å². The quantitative estimate of drug-likeness (QED) is 0.852. The Morgan fingerprint density at radius 2 is 2.00 bits per heavy atom. The number of fused-ring (bicyclic) bond motifs is 1. The van der Waals surface area contributed by atoms with Crippen molar-refractivity contribution in [2.75, 3.05) is 15.5 Å². The van der Waals surface area contributed by atoms with Gasteiger partial charge in [0.25, 0.3) is 0 Å². The van der Waals surface area contributed by atoms with Crippen LogP contribution in [-0.2, 0) is 6.54 Å². The fourth-order valence-electron chi connectivity index (χ4n) is 3.41. The average Bonchev–Trinajstić information content (AvgIpc) is 2.63. The molecule has 0 unspecified atom stereocenters. The number of carbonyl (C=O) groups is 1. The molecule has 0 radical (unpaired) electrons. The molecule has 7 heteroatoms. The third-order valence-corrected chi connectivity index (χ3v) is 5.06. The van der Waals surface area contributed by atoms with Gasteiger partial charge in [0.1, 0.15) is 5.82 Å². The molecule has 1 saturated carbocycles. The number of anilines is 3. The van der Waals surface area contributed by atoms with Crippen LogP contribution in [0.3, 0.4) is 0 Å². The maximum Gasteiger partial charge on any atom is 0.327 e. The second-order valence-electron chi connectivity index (χ2n) is 6.51. The minimum atomic E-state index is -0.233. The summed E-state index contributed by atoms with van der Waals surface area (Å²) in [6.07, 6.45) is 7.85. The number of urea groups is 1. The number of hydrogen-bond acceptors (Lipinski definition) is 4. The van der Waals surface area contributed by atoms with Crippen molar-refractivity contribution in [3.05, 3.63) is 41.0 Å². The van der Waals surface area contributed by atoms with Crippen molar-refractivity contribution < 1.29 is 4.79 Å². The fraction of sp³-hybridized carbons (Fsp3) is 0.389. The van der Waals surface area contributed by atoms with Crippen LogP contribution in [0.5, 0.6) is 0 Å². The highest BCUT2D eigenvalue weighted by atomic mass is 35.5. The predicted octanol–water partition coefficient (Wildman–Crippen LogP) is 4.43. The lowest BCUT2D eigenvalue weighted by molar-refractivity contribution is 0.256. The average molecular weight is 358 g/mol. The van der Waals surface area contributed by atoms with Gasteiger partial charge in [0.05, 0.1) is 17.3 Å². The molecule has 0 bridgehead atoms. The second kappa shape index (κ2) is 6.88. The number of amides is 2. The van der Waals surface area contributed by atoms with Crippen molar-refractivity contribution in [2.24, 2.45) is 0 Å². The molecule has 0 atom stereocenters. The number of aromatic nitrogens is 2. The Kier molecular flexibility index (Phi) is 4.44. The predicted molar refractivity (Wildman–Crippen MR) is 99.2 cm³/mol. The third kappa shape index (κ3) is 3.39. The SMILES string of the molecule is O=C1Nc2nc(NC3CCCCC3)ncc2CN1c1ccccc1Cl. The Morgan fingerprint density at radius 1 is 1.20 bits per heavy atom. The van der Waals surface area contributed by atoms with Crippen LogP contribution in [0, 0.1) is 0 Å². The van der Waals surface area contributed by atoms with Gasteiger partial charge in [-0.25, -0.2) is 9.78 Å². The van der Waals surface area contributed by atoms with Gasteiger partial charge < -0.3 is 5.32 Å². The van der Waals surface area contributed by atoms with Crippen molar-refractivity contribution in [3.8, 4) is 0 Å². The Labute approximate surface area is 151 Å². The molecule has 0 spiro atoms. The van der Waals surface area contributed by atoms with Gasteiger partial charge in [-0.1, -0.05) is 43.0 Å². The van der Waals surface area contributed by atoms with E-state index in [0.717, 1.165) is 18.4 Å². The Bertz CT molecular complexity index is 791. The normalized spacial score (nSPS) is 17.8. The summed E-state index contributed by atoms with van der Waals surface area (Å²) in [7, 11) is 0. The zero-order valence-corrected chi connectivity index (χ0v) is 14.6. The van der Waals surface area contributed by atoms with Crippen molar-refractivity contribution in [3.63, 3.8) is 0 Å². The summed E-state index contributed by atoms with van der Waals surface area (Å²) < 4.78 is 0. The molecular weight excluding hydrogens is 338 g/mol. The number of para-hydroxylation sites is 1. The van der Waals surface area contributed by atoms with Crippen molar-refractivity contribution in [1.29, 1.82) is 0 Å². The van der Waals surface area contributed by atoms with Gasteiger partial charge >= 0.3 is 6.03 Å². The Balaban J connectivity index is 1.54. The van der Waals surface area contributed by atoms with Gasteiger partial charge in [0, 0.05) is 17.8 Å². The largest absolute Gasteiger partial charge is 0.351 e. The highest BCUT2D eigenvalue weighted by Crippen LogP contribution is 2.31. The summed E-state index contributed by atoms with van der Waals surface area (Å²) in [5.41, 5.74) is 1.55. The molecule has 1 aliphatic carbocycles. The van der Waals surface area contributed by atoms with E-state index in [1.54, 1.807) is 17.2 Å². The topological polar surface area (TPSA) is 70.1 Å². The summed E-state index contributed by atoms with van der Waals surface area (Å²) in [4.78, 5) is 23.0. The van der Waals surface area contributed by atoms with Gasteiger partial charge in [0.15, 0.2) is 0 Å². The maximum absolute atomic E-state index is 12.5. The van der Waals surface area contributed by atoms with Gasteiger partial charge in [0.2, 0.25) is 5.95 Å². The van der Waals surface area contributed by atoms with Crippen LogP contribution in [-0.4, -0.2) is 22.0 Å². The van der Waals surface area contributed by atoms with Crippen LogP contribution in [0.15, 0.2) is 30.5 Å². The number of halogens is 1. The first-order chi connectivity index (χ1) is 12.2. The maximum atomic E-state index is 12.5. The first-order valence-electron chi connectivity index (χ1n) is 8.66. The molecule has 2 aromatic rings. The lowest BCUT2D eigenvalue weighted by Crippen LogP contribution is -2.39. The number of rotatable bonds is 3. The molecule has 2 N–H and O–H groups in total. The van der Waals surface area contributed by atoms with Crippen LogP contribution < -0.4 is 15.5 Å². The Hall–Kier alpha value is -2.34. The molecular formula is C18H20ClN5O. The summed E-state index contributed by atoms with van der Waals surface area (Å²) >= 11 is 6.22. The number of nitrogens with one attached hydrogen (secondary N) is 2. The van der Waals surface area contributed by atoms with E-state index in [1.807, 2.05) is 18.2 Å². The zero-order chi connectivity index (χ0) is 17.2. The summed E-state index contributed by atoms with van der Waals surface area (Å²) in [5.74, 6) is 1.15. The van der Waals surface area contributed by atoms with E-state index in [1.165, 1.54) is 19.3 Å². The molecule has 130 valence electrons. The zero-order valence-electron chi connectivity index (χ0n) is 13.8. The van der Waals surface area contributed by atoms with Crippen molar-refractivity contribution >= 4 is 35.1 Å². The molecule has 0 saturated heterocycles. The van der Waals surface area contributed by atoms with Gasteiger partial charge in [-0.05, 0) is 25.0 Å². The fourth-order valence-corrected chi connectivity index (χ4v) is 3.64. The van der Waals surface area contributed by atoms with Gasteiger partial charge in [-0.3, -0.25) is 10.2 Å². The molecule has 25 heavy (non-hydrogen) atoms. The summed E-state index contributed by atoms with van der Waals surface area (Å²) in [5, 5.41) is 6.78. The van der Waals surface area contributed by atoms with Gasteiger partial charge in [-0.2, -0.15) is 4.98 Å². The number of hydrogen-bond donors (Lipinski definition) is 2. The van der Waals surface area contributed by atoms with Gasteiger partial charge in [-0.15, -0.1) is 0 Å². The smallest absolute Gasteiger partial charge is 0.327 e. The highest BCUT2D eigenvalue weighted by molar-refractivity contribution is 6.34. The lowest BCUT2D eigenvalue weighted by atomic mass is 9.96. The monoisotopic (exact) mass is 357 g/mol. The van der Waals surface area contributed by atoms with Crippen LogP contribution in [0.2, 0.25) is 5.02 Å². The van der Waals surface area contributed by atoms with Crippen LogP contribution in [0.4, 0.5) is 22.2 Å². The molecule has 1 aliphatic heterocycles. The lowest BCUT2D eigenvalue weighted by Gasteiger charge is -2.29. The molecule has 4 rings (SSSR count). The molecule has 1 aromatic heterocycles. The van der Waals surface area contributed by atoms with Crippen LogP contribution in [0.1, 0.15) is 37.7 Å². The Morgan fingerprint density at radius 3 is 2.80 bits per heavy atom.